The number of hydrogen-bond acceptors (Lipinski definition) is 6. The highest BCUT2D eigenvalue weighted by Gasteiger charge is 2.11. The maximum absolute atomic E-state index is 14.3. The van der Waals surface area contributed by atoms with E-state index in [1.807, 2.05) is 0 Å². The molecule has 0 N–H and O–H groups in total. The Kier molecular flexibility index (Phi) is 8.00. The molecular weight excluding hydrogens is 355 g/mol. The molecule has 0 saturated heterocycles. The van der Waals surface area contributed by atoms with E-state index in [4.69, 9.17) is 18.9 Å². The first kappa shape index (κ1) is 21.7. The van der Waals surface area contributed by atoms with Crippen molar-refractivity contribution in [1.82, 2.24) is 0 Å². The Hall–Kier alpha value is -3.35. The van der Waals surface area contributed by atoms with Crippen molar-refractivity contribution in [3.05, 3.63) is 72.4 Å². The van der Waals surface area contributed by atoms with Gasteiger partial charge in [-0.15, -0.1) is 0 Å². The third-order valence-corrected chi connectivity index (χ3v) is 3.27. The van der Waals surface area contributed by atoms with E-state index >= 15 is 0 Å². The molecule has 0 aromatic heterocycles. The van der Waals surface area contributed by atoms with Gasteiger partial charge in [-0.3, -0.25) is 0 Å². The normalized spacial score (nSPS) is 12.2. The van der Waals surface area contributed by atoms with E-state index in [0.29, 0.717) is 0 Å². The number of allylic oxidation sites excluding steroid dienone is 4. The van der Waals surface area contributed by atoms with E-state index in [2.05, 4.69) is 13.2 Å². The predicted molar refractivity (Wildman–Crippen MR) is 97.0 cm³/mol. The summed E-state index contributed by atoms with van der Waals surface area (Å²) in [6.07, 6.45) is 2.03. The van der Waals surface area contributed by atoms with Gasteiger partial charge in [0.2, 0.25) is 0 Å². The zero-order valence-corrected chi connectivity index (χ0v) is 15.6. The summed E-state index contributed by atoms with van der Waals surface area (Å²) in [7, 11) is 0. The summed E-state index contributed by atoms with van der Waals surface area (Å²) >= 11 is 0. The van der Waals surface area contributed by atoms with Gasteiger partial charge in [-0.2, -0.15) is 0 Å². The molecule has 1 aromatic rings. The van der Waals surface area contributed by atoms with Gasteiger partial charge in [0.25, 0.3) is 0 Å². The van der Waals surface area contributed by atoms with Crippen LogP contribution in [0, 0.1) is 5.82 Å². The third kappa shape index (κ3) is 6.81. The summed E-state index contributed by atoms with van der Waals surface area (Å²) in [6.45, 7) is 12.7. The summed E-state index contributed by atoms with van der Waals surface area (Å²) < 4.78 is 34.9. The number of ether oxygens (including phenoxy) is 4. The molecule has 0 bridgehead atoms. The van der Waals surface area contributed by atoms with Crippen molar-refractivity contribution in [2.45, 2.75) is 27.7 Å². The van der Waals surface area contributed by atoms with Gasteiger partial charge in [0.1, 0.15) is 28.8 Å². The van der Waals surface area contributed by atoms with E-state index < -0.39 is 17.8 Å². The molecule has 1 rings (SSSR count). The first-order valence-electron chi connectivity index (χ1n) is 7.86. The number of esters is 2. The molecule has 27 heavy (non-hydrogen) atoms. The van der Waals surface area contributed by atoms with Crippen LogP contribution in [0.15, 0.2) is 66.5 Å². The van der Waals surface area contributed by atoms with Gasteiger partial charge in [0.05, 0.1) is 0 Å². The summed E-state index contributed by atoms with van der Waals surface area (Å²) in [6, 6.07) is 3.94. The molecule has 0 radical (unpaired) electrons. The van der Waals surface area contributed by atoms with Crippen molar-refractivity contribution in [2.24, 2.45) is 0 Å². The van der Waals surface area contributed by atoms with Crippen molar-refractivity contribution >= 4 is 11.9 Å². The van der Waals surface area contributed by atoms with Crippen molar-refractivity contribution < 1.29 is 32.9 Å². The van der Waals surface area contributed by atoms with E-state index in [1.54, 1.807) is 6.92 Å². The first-order chi connectivity index (χ1) is 12.7. The number of carbonyl (C=O) groups excluding carboxylic acids is 2. The summed E-state index contributed by atoms with van der Waals surface area (Å²) in [5, 5.41) is 0. The lowest BCUT2D eigenvalue weighted by atomic mass is 10.3. The fraction of sp³-hybridized carbons (Fsp3) is 0.200. The molecule has 6 nitrogen and oxygen atoms in total. The average Bonchev–Trinajstić information content (AvgIpc) is 2.63. The fourth-order valence-corrected chi connectivity index (χ4v) is 1.64. The van der Waals surface area contributed by atoms with Crippen molar-refractivity contribution in [3.63, 3.8) is 0 Å². The van der Waals surface area contributed by atoms with Crippen molar-refractivity contribution in [2.75, 3.05) is 0 Å². The van der Waals surface area contributed by atoms with E-state index in [-0.39, 0.29) is 34.5 Å². The molecule has 0 saturated carbocycles. The van der Waals surface area contributed by atoms with Gasteiger partial charge >= 0.3 is 11.9 Å². The Labute approximate surface area is 157 Å². The van der Waals surface area contributed by atoms with Crippen molar-refractivity contribution in [1.29, 1.82) is 0 Å². The van der Waals surface area contributed by atoms with Crippen LogP contribution < -0.4 is 9.47 Å². The van der Waals surface area contributed by atoms with Crippen LogP contribution in [-0.2, 0) is 19.1 Å². The average molecular weight is 376 g/mol. The quantitative estimate of drug-likeness (QED) is 0.377. The second-order valence-electron chi connectivity index (χ2n) is 5.27. The van der Waals surface area contributed by atoms with Gasteiger partial charge in [0.15, 0.2) is 11.6 Å². The molecule has 0 heterocycles. The first-order valence-corrected chi connectivity index (χ1v) is 7.86. The van der Waals surface area contributed by atoms with Gasteiger partial charge in [-0.05, 0) is 39.8 Å². The largest absolute Gasteiger partial charge is 0.458 e. The fourth-order valence-electron chi connectivity index (χ4n) is 1.64. The molecule has 0 unspecified atom stereocenters. The lowest BCUT2D eigenvalue weighted by molar-refractivity contribution is -0.134. The summed E-state index contributed by atoms with van der Waals surface area (Å²) in [4.78, 5) is 22.3. The molecule has 1 aromatic carbocycles. The number of carbonyl (C=O) groups is 2. The minimum Gasteiger partial charge on any atom is -0.458 e. The SMILES string of the molecule is C=CC(=O)O/C(C)=C(\C)Oc1ccc(O/C(C)=C(\C)OC(=O)C=C)c(F)c1. The van der Waals surface area contributed by atoms with Gasteiger partial charge in [-0.25, -0.2) is 14.0 Å². The smallest absolute Gasteiger partial charge is 0.335 e. The van der Waals surface area contributed by atoms with Gasteiger partial charge in [0, 0.05) is 18.2 Å². The van der Waals surface area contributed by atoms with Crippen LogP contribution in [0.3, 0.4) is 0 Å². The maximum Gasteiger partial charge on any atom is 0.335 e. The summed E-state index contributed by atoms with van der Waals surface area (Å²) in [5.41, 5.74) is 0. The van der Waals surface area contributed by atoms with Gasteiger partial charge < -0.3 is 18.9 Å². The lowest BCUT2D eigenvalue weighted by Crippen LogP contribution is -2.04. The van der Waals surface area contributed by atoms with Crippen LogP contribution in [0.1, 0.15) is 27.7 Å². The monoisotopic (exact) mass is 376 g/mol. The molecule has 0 amide bonds. The molecule has 0 spiro atoms. The highest BCUT2D eigenvalue weighted by molar-refractivity contribution is 5.82. The predicted octanol–water partition coefficient (Wildman–Crippen LogP) is 4.54. The number of hydrogen-bond donors (Lipinski definition) is 0. The molecule has 0 fully saturated rings. The second-order valence-corrected chi connectivity index (χ2v) is 5.27. The highest BCUT2D eigenvalue weighted by atomic mass is 19.1. The number of benzene rings is 1. The molecule has 7 heteroatoms. The Morgan fingerprint density at radius 2 is 1.33 bits per heavy atom. The molecule has 0 aliphatic carbocycles. The topological polar surface area (TPSA) is 71.1 Å². The maximum atomic E-state index is 14.3. The lowest BCUT2D eigenvalue weighted by Gasteiger charge is -2.12. The molecule has 0 aliphatic heterocycles. The van der Waals surface area contributed by atoms with Crippen LogP contribution in [0.2, 0.25) is 0 Å². The van der Waals surface area contributed by atoms with Crippen LogP contribution in [0.25, 0.3) is 0 Å². The van der Waals surface area contributed by atoms with Gasteiger partial charge in [-0.1, -0.05) is 13.2 Å². The highest BCUT2D eigenvalue weighted by Crippen LogP contribution is 2.26. The number of rotatable bonds is 8. The zero-order valence-electron chi connectivity index (χ0n) is 15.6. The Bertz CT molecular complexity index is 820. The minimum absolute atomic E-state index is 0.0784. The van der Waals surface area contributed by atoms with E-state index in [9.17, 15) is 14.0 Å². The van der Waals surface area contributed by atoms with E-state index in [0.717, 1.165) is 18.2 Å². The third-order valence-electron chi connectivity index (χ3n) is 3.27. The zero-order chi connectivity index (χ0) is 20.6. The van der Waals surface area contributed by atoms with E-state index in [1.165, 1.54) is 32.9 Å². The van der Waals surface area contributed by atoms with Crippen LogP contribution >= 0.6 is 0 Å². The Morgan fingerprint density at radius 1 is 0.852 bits per heavy atom. The minimum atomic E-state index is -0.691. The molecular formula is C20H21FO6. The van der Waals surface area contributed by atoms with Crippen molar-refractivity contribution in [3.8, 4) is 11.5 Å². The standard InChI is InChI=1S/C20H21FO6/c1-7-19(22)26-14(5)12(3)24-16-9-10-18(17(21)11-16)25-13(4)15(6)27-20(23)8-2/h7-11H,1-2H2,3-6H3/b14-12+,15-13+. The van der Waals surface area contributed by atoms with Crippen LogP contribution in [-0.4, -0.2) is 11.9 Å². The number of halogens is 1. The molecule has 0 aliphatic rings. The molecule has 144 valence electrons. The second kappa shape index (κ2) is 9.96. The Morgan fingerprint density at radius 3 is 1.78 bits per heavy atom. The Balaban J connectivity index is 2.90. The van der Waals surface area contributed by atoms with Crippen LogP contribution in [0.4, 0.5) is 4.39 Å². The molecule has 0 atom stereocenters. The summed E-state index contributed by atoms with van der Waals surface area (Å²) in [5.74, 6) is -0.967. The van der Waals surface area contributed by atoms with Crippen LogP contribution in [0.5, 0.6) is 11.5 Å².